The number of esters is 1. The van der Waals surface area contributed by atoms with Gasteiger partial charge < -0.3 is 14.2 Å². The Morgan fingerprint density at radius 2 is 1.72 bits per heavy atom. The molecule has 154 valence electrons. The first-order chi connectivity index (χ1) is 13.7. The summed E-state index contributed by atoms with van der Waals surface area (Å²) >= 11 is 0. The highest BCUT2D eigenvalue weighted by atomic mass is 32.2. The van der Waals surface area contributed by atoms with Gasteiger partial charge in [-0.2, -0.15) is 8.42 Å². The molecule has 1 saturated carbocycles. The summed E-state index contributed by atoms with van der Waals surface area (Å²) in [5.74, 6) is -0.935. The quantitative estimate of drug-likeness (QED) is 0.549. The molecule has 0 aliphatic heterocycles. The van der Waals surface area contributed by atoms with E-state index in [1.165, 1.54) is 31.2 Å². The van der Waals surface area contributed by atoms with Crippen LogP contribution in [-0.2, 0) is 19.6 Å². The van der Waals surface area contributed by atoms with Crippen molar-refractivity contribution in [3.8, 4) is 5.75 Å². The average molecular weight is 417 g/mol. The van der Waals surface area contributed by atoms with E-state index < -0.39 is 22.2 Å². The molecular formula is C21H23NO6S. The first-order valence-electron chi connectivity index (χ1n) is 9.29. The number of hydrogen-bond donors (Lipinski definition) is 1. The van der Waals surface area contributed by atoms with E-state index >= 15 is 0 Å². The molecule has 0 heterocycles. The van der Waals surface area contributed by atoms with Gasteiger partial charge in [0.15, 0.2) is 6.10 Å². The van der Waals surface area contributed by atoms with Crippen molar-refractivity contribution in [3.63, 3.8) is 0 Å². The monoisotopic (exact) mass is 417 g/mol. The molecule has 1 aliphatic carbocycles. The average Bonchev–Trinajstić information content (AvgIpc) is 3.47. The Labute approximate surface area is 170 Å². The van der Waals surface area contributed by atoms with Crippen molar-refractivity contribution in [2.75, 3.05) is 0 Å². The number of carbonyl (C=O) groups is 2. The van der Waals surface area contributed by atoms with Gasteiger partial charge in [-0.15, -0.1) is 0 Å². The second kappa shape index (κ2) is 8.24. The highest BCUT2D eigenvalue weighted by Gasteiger charge is 2.27. The fourth-order valence-corrected chi connectivity index (χ4v) is 3.87. The minimum Gasteiger partial charge on any atom is -0.449 e. The maximum absolute atomic E-state index is 12.5. The zero-order chi connectivity index (χ0) is 21.2. The van der Waals surface area contributed by atoms with Gasteiger partial charge >= 0.3 is 16.1 Å². The van der Waals surface area contributed by atoms with Crippen LogP contribution in [-0.4, -0.2) is 32.4 Å². The Morgan fingerprint density at radius 3 is 2.34 bits per heavy atom. The summed E-state index contributed by atoms with van der Waals surface area (Å²) in [5.41, 5.74) is 1.57. The second-order valence-corrected chi connectivity index (χ2v) is 8.68. The summed E-state index contributed by atoms with van der Waals surface area (Å²) in [6.45, 7) is 4.99. The summed E-state index contributed by atoms with van der Waals surface area (Å²) in [7, 11) is -4.00. The van der Waals surface area contributed by atoms with Crippen molar-refractivity contribution >= 4 is 22.0 Å². The number of rotatable bonds is 7. The number of hydrogen-bond acceptors (Lipinski definition) is 6. The van der Waals surface area contributed by atoms with Gasteiger partial charge in [0.1, 0.15) is 10.6 Å². The fourth-order valence-electron chi connectivity index (χ4n) is 2.62. The largest absolute Gasteiger partial charge is 0.449 e. The van der Waals surface area contributed by atoms with Crippen molar-refractivity contribution in [1.29, 1.82) is 0 Å². The van der Waals surface area contributed by atoms with Crippen LogP contribution in [0.1, 0.15) is 41.3 Å². The summed E-state index contributed by atoms with van der Waals surface area (Å²) < 4.78 is 35.4. The lowest BCUT2D eigenvalue weighted by molar-refractivity contribution is -0.129. The lowest BCUT2D eigenvalue weighted by Gasteiger charge is -2.13. The molecule has 29 heavy (non-hydrogen) atoms. The molecule has 2 aromatic carbocycles. The van der Waals surface area contributed by atoms with E-state index in [-0.39, 0.29) is 28.2 Å². The van der Waals surface area contributed by atoms with E-state index in [2.05, 4.69) is 5.32 Å². The van der Waals surface area contributed by atoms with Gasteiger partial charge in [-0.05, 0) is 75.1 Å². The Hall–Kier alpha value is -2.87. The van der Waals surface area contributed by atoms with Crippen molar-refractivity contribution in [1.82, 2.24) is 5.32 Å². The standard InChI is InChI=1S/C21H23NO6S/c1-13-4-5-14(2)19(12-13)29(25,26)28-18-10-6-16(7-11-18)21(24)27-15(3)20(23)22-17-8-9-17/h4-7,10-12,15,17H,8-9H2,1-3H3,(H,22,23). The maximum atomic E-state index is 12.5. The Balaban J connectivity index is 1.65. The van der Waals surface area contributed by atoms with Gasteiger partial charge in [0.05, 0.1) is 5.56 Å². The Morgan fingerprint density at radius 1 is 1.07 bits per heavy atom. The third-order valence-electron chi connectivity index (χ3n) is 4.49. The maximum Gasteiger partial charge on any atom is 0.339 e. The van der Waals surface area contributed by atoms with Crippen LogP contribution >= 0.6 is 0 Å². The third kappa shape index (κ3) is 5.35. The summed E-state index contributed by atoms with van der Waals surface area (Å²) in [6, 6.07) is 10.8. The number of aryl methyl sites for hydroxylation is 2. The van der Waals surface area contributed by atoms with Gasteiger partial charge in [0.2, 0.25) is 0 Å². The summed E-state index contributed by atoms with van der Waals surface area (Å²) in [5, 5.41) is 2.77. The first-order valence-corrected chi connectivity index (χ1v) is 10.7. The van der Waals surface area contributed by atoms with E-state index in [4.69, 9.17) is 8.92 Å². The Bertz CT molecular complexity index is 1030. The predicted molar refractivity (Wildman–Crippen MR) is 106 cm³/mol. The van der Waals surface area contributed by atoms with E-state index in [1.54, 1.807) is 26.0 Å². The van der Waals surface area contributed by atoms with E-state index in [0.29, 0.717) is 5.56 Å². The SMILES string of the molecule is Cc1ccc(C)c(S(=O)(=O)Oc2ccc(C(=O)OC(C)C(=O)NC3CC3)cc2)c1. The molecule has 2 aromatic rings. The fraction of sp³-hybridized carbons (Fsp3) is 0.333. The molecular weight excluding hydrogens is 394 g/mol. The van der Waals surface area contributed by atoms with Gasteiger partial charge in [0, 0.05) is 6.04 Å². The zero-order valence-corrected chi connectivity index (χ0v) is 17.3. The molecule has 1 atom stereocenters. The topological polar surface area (TPSA) is 98.8 Å². The number of nitrogens with one attached hydrogen (secondary N) is 1. The molecule has 1 N–H and O–H groups in total. The van der Waals surface area contributed by atoms with Gasteiger partial charge in [0.25, 0.3) is 5.91 Å². The Kier molecular flexibility index (Phi) is 5.93. The van der Waals surface area contributed by atoms with E-state index in [0.717, 1.165) is 18.4 Å². The molecule has 0 aromatic heterocycles. The molecule has 8 heteroatoms. The number of benzene rings is 2. The van der Waals surface area contributed by atoms with Gasteiger partial charge in [-0.3, -0.25) is 4.79 Å². The second-order valence-electron chi connectivity index (χ2n) is 7.16. The highest BCUT2D eigenvalue weighted by molar-refractivity contribution is 7.87. The first kappa shape index (κ1) is 20.9. The molecule has 7 nitrogen and oxygen atoms in total. The third-order valence-corrected chi connectivity index (χ3v) is 5.88. The van der Waals surface area contributed by atoms with Crippen LogP contribution in [0.4, 0.5) is 0 Å². The normalized spacial score (nSPS) is 14.7. The van der Waals surface area contributed by atoms with E-state index in [9.17, 15) is 18.0 Å². The van der Waals surface area contributed by atoms with E-state index in [1.807, 2.05) is 6.07 Å². The smallest absolute Gasteiger partial charge is 0.339 e. The molecule has 0 bridgehead atoms. The molecule has 1 unspecified atom stereocenters. The summed E-state index contributed by atoms with van der Waals surface area (Å²) in [4.78, 5) is 24.2. The molecule has 0 spiro atoms. The van der Waals surface area contributed by atoms with Crippen molar-refractivity contribution in [2.45, 2.75) is 50.7 Å². The molecule has 3 rings (SSSR count). The lowest BCUT2D eigenvalue weighted by atomic mass is 10.2. The molecule has 1 amide bonds. The van der Waals surface area contributed by atoms with Crippen LogP contribution < -0.4 is 9.50 Å². The van der Waals surface area contributed by atoms with Crippen LogP contribution in [0.25, 0.3) is 0 Å². The lowest BCUT2D eigenvalue weighted by Crippen LogP contribution is -2.37. The number of ether oxygens (including phenoxy) is 1. The van der Waals surface area contributed by atoms with Crippen molar-refractivity contribution in [2.24, 2.45) is 0 Å². The van der Waals surface area contributed by atoms with Crippen LogP contribution in [0.2, 0.25) is 0 Å². The molecule has 0 saturated heterocycles. The predicted octanol–water partition coefficient (Wildman–Crippen LogP) is 2.90. The molecule has 1 fully saturated rings. The number of carbonyl (C=O) groups excluding carboxylic acids is 2. The molecule has 1 aliphatic rings. The van der Waals surface area contributed by atoms with Gasteiger partial charge in [-0.25, -0.2) is 4.79 Å². The van der Waals surface area contributed by atoms with Gasteiger partial charge in [-0.1, -0.05) is 12.1 Å². The van der Waals surface area contributed by atoms with Crippen LogP contribution in [0.3, 0.4) is 0 Å². The minimum absolute atomic E-state index is 0.0713. The highest BCUT2D eigenvalue weighted by Crippen LogP contribution is 2.23. The minimum atomic E-state index is -4.00. The zero-order valence-electron chi connectivity index (χ0n) is 16.5. The van der Waals surface area contributed by atoms with Crippen LogP contribution in [0.5, 0.6) is 5.75 Å². The van der Waals surface area contributed by atoms with Crippen molar-refractivity contribution in [3.05, 3.63) is 59.2 Å². The van der Waals surface area contributed by atoms with Crippen LogP contribution in [0.15, 0.2) is 47.4 Å². The van der Waals surface area contributed by atoms with Crippen LogP contribution in [0, 0.1) is 13.8 Å². The van der Waals surface area contributed by atoms with Crippen molar-refractivity contribution < 1.29 is 26.9 Å². The summed E-state index contributed by atoms with van der Waals surface area (Å²) in [6.07, 6.45) is 0.973. The number of amides is 1. The molecule has 0 radical (unpaired) electrons.